The summed E-state index contributed by atoms with van der Waals surface area (Å²) in [7, 11) is -1.78. The minimum Gasteiger partial charge on any atom is -0.410 e. The van der Waals surface area contributed by atoms with Gasteiger partial charge in [-0.15, -0.1) is 0 Å². The van der Waals surface area contributed by atoms with Crippen LogP contribution in [0.5, 0.6) is 0 Å². The fourth-order valence-corrected chi connectivity index (χ4v) is 3.10. The van der Waals surface area contributed by atoms with Gasteiger partial charge in [0, 0.05) is 12.0 Å². The van der Waals surface area contributed by atoms with Gasteiger partial charge in [-0.3, -0.25) is 0 Å². The Morgan fingerprint density at radius 1 is 1.18 bits per heavy atom. The average molecular weight is 315 g/mol. The van der Waals surface area contributed by atoms with E-state index in [1.165, 1.54) is 5.57 Å². The monoisotopic (exact) mass is 314 g/mol. The number of rotatable bonds is 4. The molecular weight excluding hydrogens is 284 g/mol. The Morgan fingerprint density at radius 3 is 2.27 bits per heavy atom. The van der Waals surface area contributed by atoms with Crippen molar-refractivity contribution in [1.82, 2.24) is 0 Å². The fraction of sp³-hybridized carbons (Fsp3) is 0.500. The lowest BCUT2D eigenvalue weighted by molar-refractivity contribution is 0.229. The van der Waals surface area contributed by atoms with E-state index in [2.05, 4.69) is 65.6 Å². The molecule has 0 saturated heterocycles. The molecule has 0 aliphatic carbocycles. The predicted molar refractivity (Wildman–Crippen MR) is 99.4 cm³/mol. The molecule has 1 rings (SSSR count). The van der Waals surface area contributed by atoms with Crippen molar-refractivity contribution in [3.8, 4) is 11.8 Å². The molecule has 2 heteroatoms. The first-order valence-corrected chi connectivity index (χ1v) is 10.9. The number of benzene rings is 1. The largest absolute Gasteiger partial charge is 0.410 e. The van der Waals surface area contributed by atoms with Crippen LogP contribution in [0.3, 0.4) is 0 Å². The topological polar surface area (TPSA) is 9.23 Å². The van der Waals surface area contributed by atoms with Crippen molar-refractivity contribution in [3.63, 3.8) is 0 Å². The number of hydrogen-bond donors (Lipinski definition) is 0. The van der Waals surface area contributed by atoms with Crippen molar-refractivity contribution in [3.05, 3.63) is 47.5 Å². The lowest BCUT2D eigenvalue weighted by atomic mass is 10.1. The van der Waals surface area contributed by atoms with E-state index < -0.39 is 8.32 Å². The van der Waals surface area contributed by atoms with Crippen LogP contribution in [-0.4, -0.2) is 14.4 Å². The van der Waals surface area contributed by atoms with Gasteiger partial charge < -0.3 is 4.43 Å². The SMILES string of the molecule is CC(C)=CC(CC#Cc1ccccc1)O[Si](C)(C)C(C)(C)C. The zero-order chi connectivity index (χ0) is 16.8. The van der Waals surface area contributed by atoms with Crippen LogP contribution >= 0.6 is 0 Å². The summed E-state index contributed by atoms with van der Waals surface area (Å²) in [4.78, 5) is 0. The first kappa shape index (κ1) is 18.7. The summed E-state index contributed by atoms with van der Waals surface area (Å²) >= 11 is 0. The Labute approximate surface area is 137 Å². The highest BCUT2D eigenvalue weighted by atomic mass is 28.4. The molecule has 0 heterocycles. The van der Waals surface area contributed by atoms with Crippen molar-refractivity contribution < 1.29 is 4.43 Å². The summed E-state index contributed by atoms with van der Waals surface area (Å²) < 4.78 is 6.51. The third kappa shape index (κ3) is 6.21. The van der Waals surface area contributed by atoms with E-state index in [1.807, 2.05) is 30.3 Å². The molecular formula is C20H30OSi. The first-order chi connectivity index (χ1) is 10.1. The van der Waals surface area contributed by atoms with E-state index in [0.717, 1.165) is 12.0 Å². The molecule has 0 aromatic heterocycles. The van der Waals surface area contributed by atoms with Crippen LogP contribution in [-0.2, 0) is 4.43 Å². The van der Waals surface area contributed by atoms with Crippen LogP contribution in [0.25, 0.3) is 0 Å². The number of allylic oxidation sites excluding steroid dienone is 1. The quantitative estimate of drug-likeness (QED) is 0.388. The third-order valence-electron chi connectivity index (χ3n) is 4.08. The molecule has 0 amide bonds. The van der Waals surface area contributed by atoms with Gasteiger partial charge in [0.05, 0.1) is 6.10 Å². The van der Waals surface area contributed by atoms with Gasteiger partial charge in [0.25, 0.3) is 0 Å². The lowest BCUT2D eigenvalue weighted by Crippen LogP contribution is -2.43. The standard InChI is InChI=1S/C20H30OSi/c1-17(2)16-19(21-22(6,7)20(3,4)5)15-11-14-18-12-9-8-10-13-18/h8-10,12-13,16,19H,15H2,1-7H3. The molecule has 0 aliphatic heterocycles. The van der Waals surface area contributed by atoms with Crippen molar-refractivity contribution in [2.45, 2.75) is 65.3 Å². The number of hydrogen-bond acceptors (Lipinski definition) is 1. The zero-order valence-corrected chi connectivity index (χ0v) is 16.2. The van der Waals surface area contributed by atoms with Crippen LogP contribution in [0, 0.1) is 11.8 Å². The zero-order valence-electron chi connectivity index (χ0n) is 15.2. The summed E-state index contributed by atoms with van der Waals surface area (Å²) in [6, 6.07) is 10.1. The molecule has 22 heavy (non-hydrogen) atoms. The van der Waals surface area contributed by atoms with E-state index in [4.69, 9.17) is 4.43 Å². The van der Waals surface area contributed by atoms with Crippen LogP contribution in [0.4, 0.5) is 0 Å². The highest BCUT2D eigenvalue weighted by molar-refractivity contribution is 6.74. The normalized spacial score (nSPS) is 13.0. The summed E-state index contributed by atoms with van der Waals surface area (Å²) in [6.45, 7) is 15.6. The second-order valence-corrected chi connectivity index (χ2v) is 12.3. The molecule has 120 valence electrons. The Balaban J connectivity index is 2.83. The summed E-state index contributed by atoms with van der Waals surface area (Å²) in [5, 5.41) is 0.216. The molecule has 0 radical (unpaired) electrons. The highest BCUT2D eigenvalue weighted by Gasteiger charge is 2.38. The van der Waals surface area contributed by atoms with Crippen molar-refractivity contribution in [2.75, 3.05) is 0 Å². The molecule has 1 aromatic rings. The average Bonchev–Trinajstić information content (AvgIpc) is 2.37. The Bertz CT molecular complexity index is 549. The maximum atomic E-state index is 6.51. The molecule has 1 aromatic carbocycles. The Kier molecular flexibility index (Phi) is 6.65. The van der Waals surface area contributed by atoms with Crippen LogP contribution in [0.1, 0.15) is 46.6 Å². The smallest absolute Gasteiger partial charge is 0.192 e. The van der Waals surface area contributed by atoms with Gasteiger partial charge in [-0.2, -0.15) is 0 Å². The second kappa shape index (κ2) is 7.81. The molecule has 1 nitrogen and oxygen atoms in total. The Morgan fingerprint density at radius 2 is 1.77 bits per heavy atom. The minimum absolute atomic E-state index is 0.0853. The predicted octanol–water partition coefficient (Wildman–Crippen LogP) is 5.78. The fourth-order valence-electron chi connectivity index (χ4n) is 1.84. The van der Waals surface area contributed by atoms with Crippen molar-refractivity contribution in [2.24, 2.45) is 0 Å². The molecule has 1 atom stereocenters. The third-order valence-corrected chi connectivity index (χ3v) is 8.59. The molecule has 0 aliphatic rings. The van der Waals surface area contributed by atoms with Crippen LogP contribution in [0.15, 0.2) is 42.0 Å². The van der Waals surface area contributed by atoms with Gasteiger partial charge in [0.1, 0.15) is 0 Å². The van der Waals surface area contributed by atoms with Crippen LogP contribution in [0.2, 0.25) is 18.1 Å². The molecule has 0 saturated carbocycles. The van der Waals surface area contributed by atoms with E-state index in [-0.39, 0.29) is 11.1 Å². The van der Waals surface area contributed by atoms with Crippen molar-refractivity contribution >= 4 is 8.32 Å². The summed E-state index contributed by atoms with van der Waals surface area (Å²) in [5.74, 6) is 6.51. The first-order valence-electron chi connectivity index (χ1n) is 7.98. The van der Waals surface area contributed by atoms with Crippen molar-refractivity contribution in [1.29, 1.82) is 0 Å². The molecule has 0 spiro atoms. The molecule has 0 N–H and O–H groups in total. The van der Waals surface area contributed by atoms with E-state index in [0.29, 0.717) is 0 Å². The maximum absolute atomic E-state index is 6.51. The van der Waals surface area contributed by atoms with Gasteiger partial charge >= 0.3 is 0 Å². The summed E-state index contributed by atoms with van der Waals surface area (Å²) in [6.07, 6.45) is 3.04. The lowest BCUT2D eigenvalue weighted by Gasteiger charge is -2.38. The molecule has 0 fully saturated rings. The second-order valence-electron chi connectivity index (χ2n) is 7.53. The highest BCUT2D eigenvalue weighted by Crippen LogP contribution is 2.37. The Hall–Kier alpha value is -1.30. The van der Waals surface area contributed by atoms with Gasteiger partial charge in [-0.05, 0) is 44.1 Å². The van der Waals surface area contributed by atoms with E-state index in [9.17, 15) is 0 Å². The molecule has 0 bridgehead atoms. The van der Waals surface area contributed by atoms with E-state index in [1.54, 1.807) is 0 Å². The molecule has 1 unspecified atom stereocenters. The van der Waals surface area contributed by atoms with E-state index >= 15 is 0 Å². The minimum atomic E-state index is -1.78. The van der Waals surface area contributed by atoms with Crippen LogP contribution < -0.4 is 0 Å². The van der Waals surface area contributed by atoms with Gasteiger partial charge in [-0.1, -0.05) is 62.5 Å². The maximum Gasteiger partial charge on any atom is 0.192 e. The van der Waals surface area contributed by atoms with Gasteiger partial charge in [0.2, 0.25) is 0 Å². The van der Waals surface area contributed by atoms with Gasteiger partial charge in [0.15, 0.2) is 8.32 Å². The van der Waals surface area contributed by atoms with Gasteiger partial charge in [-0.25, -0.2) is 0 Å². The summed E-state index contributed by atoms with van der Waals surface area (Å²) in [5.41, 5.74) is 2.34.